The number of carbonyl (C=O) groups is 2. The monoisotopic (exact) mass is 418 g/mol. The Bertz CT molecular complexity index is 991. The number of rotatable bonds is 7. The summed E-state index contributed by atoms with van der Waals surface area (Å²) in [5, 5.41) is 2.76. The molecule has 2 aromatic rings. The van der Waals surface area contributed by atoms with Crippen molar-refractivity contribution >= 4 is 27.6 Å². The van der Waals surface area contributed by atoms with Crippen molar-refractivity contribution in [1.82, 2.24) is 4.72 Å². The quantitative estimate of drug-likeness (QED) is 0.673. The summed E-state index contributed by atoms with van der Waals surface area (Å²) in [6.45, 7) is 8.43. The van der Waals surface area contributed by atoms with Gasteiger partial charge in [0.05, 0.1) is 4.90 Å². The van der Waals surface area contributed by atoms with Crippen LogP contribution in [0.2, 0.25) is 0 Å². The van der Waals surface area contributed by atoms with Gasteiger partial charge in [-0.05, 0) is 57.9 Å². The highest BCUT2D eigenvalue weighted by molar-refractivity contribution is 7.89. The van der Waals surface area contributed by atoms with Gasteiger partial charge in [-0.2, -0.15) is 4.72 Å². The van der Waals surface area contributed by atoms with Gasteiger partial charge in [0.1, 0.15) is 6.54 Å². The Labute approximate surface area is 171 Å². The molecule has 0 heterocycles. The first-order chi connectivity index (χ1) is 13.5. The van der Waals surface area contributed by atoms with E-state index in [1.54, 1.807) is 12.1 Å². The van der Waals surface area contributed by atoms with E-state index < -0.39 is 34.5 Å². The van der Waals surface area contributed by atoms with Crippen LogP contribution >= 0.6 is 0 Å². The van der Waals surface area contributed by atoms with Crippen molar-refractivity contribution in [2.45, 2.75) is 45.6 Å². The average Bonchev–Trinajstić information content (AvgIpc) is 2.63. The second-order valence-corrected chi connectivity index (χ2v) is 8.80. The van der Waals surface area contributed by atoms with Gasteiger partial charge in [0.25, 0.3) is 5.91 Å². The van der Waals surface area contributed by atoms with Crippen LogP contribution in [0, 0.1) is 27.7 Å². The molecule has 2 N–H and O–H groups in total. The van der Waals surface area contributed by atoms with Crippen molar-refractivity contribution in [1.29, 1.82) is 0 Å². The number of nitrogens with one attached hydrogen (secondary N) is 2. The minimum absolute atomic E-state index is 0.0482. The van der Waals surface area contributed by atoms with Gasteiger partial charge in [-0.15, -0.1) is 0 Å². The van der Waals surface area contributed by atoms with Crippen molar-refractivity contribution in [3.05, 3.63) is 58.7 Å². The molecule has 156 valence electrons. The van der Waals surface area contributed by atoms with Crippen LogP contribution in [0.4, 0.5) is 5.69 Å². The molecular formula is C21H26N2O5S. The lowest BCUT2D eigenvalue weighted by Gasteiger charge is -2.17. The fraction of sp³-hybridized carbons (Fsp3) is 0.333. The van der Waals surface area contributed by atoms with Gasteiger partial charge in [-0.1, -0.05) is 35.4 Å². The molecule has 0 bridgehead atoms. The predicted octanol–water partition coefficient (Wildman–Crippen LogP) is 2.77. The molecule has 0 saturated heterocycles. The first-order valence-electron chi connectivity index (χ1n) is 9.14. The Morgan fingerprint density at radius 3 is 2.07 bits per heavy atom. The molecule has 0 fully saturated rings. The fourth-order valence-corrected chi connectivity index (χ4v) is 3.82. The van der Waals surface area contributed by atoms with Gasteiger partial charge in [0.2, 0.25) is 10.0 Å². The zero-order valence-electron chi connectivity index (χ0n) is 17.2. The summed E-state index contributed by atoms with van der Waals surface area (Å²) in [6, 6.07) is 10.1. The van der Waals surface area contributed by atoms with Crippen molar-refractivity contribution in [2.75, 3.05) is 11.9 Å². The third-order valence-electron chi connectivity index (χ3n) is 4.34. The Morgan fingerprint density at radius 1 is 0.966 bits per heavy atom. The zero-order chi connectivity index (χ0) is 21.8. The second kappa shape index (κ2) is 9.19. The van der Waals surface area contributed by atoms with Gasteiger partial charge >= 0.3 is 5.97 Å². The SMILES string of the molecule is Cc1ccc(S(=O)(=O)NCC(=O)O[C@H](C)C(=O)Nc2c(C)cc(C)cc2C)cc1. The third kappa shape index (κ3) is 6.13. The van der Waals surface area contributed by atoms with E-state index in [4.69, 9.17) is 4.74 Å². The number of hydrogen-bond acceptors (Lipinski definition) is 5. The number of aryl methyl sites for hydroxylation is 4. The van der Waals surface area contributed by atoms with Crippen LogP contribution in [0.25, 0.3) is 0 Å². The van der Waals surface area contributed by atoms with E-state index in [1.807, 2.05) is 39.8 Å². The van der Waals surface area contributed by atoms with E-state index in [0.717, 1.165) is 22.3 Å². The second-order valence-electron chi connectivity index (χ2n) is 7.03. The summed E-state index contributed by atoms with van der Waals surface area (Å²) >= 11 is 0. The van der Waals surface area contributed by atoms with Crippen LogP contribution in [-0.4, -0.2) is 32.9 Å². The van der Waals surface area contributed by atoms with Gasteiger partial charge in [0, 0.05) is 5.69 Å². The maximum atomic E-state index is 12.4. The molecule has 0 aliphatic heterocycles. The van der Waals surface area contributed by atoms with Crippen molar-refractivity contribution in [2.24, 2.45) is 0 Å². The van der Waals surface area contributed by atoms with Gasteiger partial charge in [-0.25, -0.2) is 8.42 Å². The smallest absolute Gasteiger partial charge is 0.321 e. The highest BCUT2D eigenvalue weighted by Crippen LogP contribution is 2.22. The van der Waals surface area contributed by atoms with Crippen LogP contribution in [0.15, 0.2) is 41.3 Å². The number of esters is 1. The number of anilines is 1. The van der Waals surface area contributed by atoms with Gasteiger partial charge in [0.15, 0.2) is 6.10 Å². The molecule has 0 radical (unpaired) electrons. The largest absolute Gasteiger partial charge is 0.452 e. The third-order valence-corrected chi connectivity index (χ3v) is 5.76. The average molecular weight is 419 g/mol. The lowest BCUT2D eigenvalue weighted by atomic mass is 10.0. The Morgan fingerprint density at radius 2 is 1.52 bits per heavy atom. The van der Waals surface area contributed by atoms with Crippen LogP contribution in [0.1, 0.15) is 29.2 Å². The fourth-order valence-electron chi connectivity index (χ4n) is 2.85. The Balaban J connectivity index is 1.93. The normalized spacial score (nSPS) is 12.3. The molecule has 2 rings (SSSR count). The minimum atomic E-state index is -3.84. The maximum Gasteiger partial charge on any atom is 0.321 e. The van der Waals surface area contributed by atoms with Crippen LogP contribution in [-0.2, 0) is 24.3 Å². The molecule has 1 amide bonds. The topological polar surface area (TPSA) is 102 Å². The number of amides is 1. The number of hydrogen-bond donors (Lipinski definition) is 2. The summed E-state index contributed by atoms with van der Waals surface area (Å²) < 4.78 is 31.7. The zero-order valence-corrected chi connectivity index (χ0v) is 18.0. The van der Waals surface area contributed by atoms with E-state index in [0.29, 0.717) is 5.69 Å². The molecule has 2 aromatic carbocycles. The van der Waals surface area contributed by atoms with Crippen molar-refractivity contribution in [3.63, 3.8) is 0 Å². The van der Waals surface area contributed by atoms with E-state index in [2.05, 4.69) is 10.0 Å². The lowest BCUT2D eigenvalue weighted by Crippen LogP contribution is -2.36. The Hall–Kier alpha value is -2.71. The summed E-state index contributed by atoms with van der Waals surface area (Å²) in [5.74, 6) is -1.34. The number of ether oxygens (including phenoxy) is 1. The van der Waals surface area contributed by atoms with E-state index in [9.17, 15) is 18.0 Å². The molecule has 0 unspecified atom stereocenters. The predicted molar refractivity (Wildman–Crippen MR) is 111 cm³/mol. The molecule has 8 heteroatoms. The highest BCUT2D eigenvalue weighted by Gasteiger charge is 2.21. The van der Waals surface area contributed by atoms with Crippen LogP contribution in [0.5, 0.6) is 0 Å². The van der Waals surface area contributed by atoms with E-state index in [1.165, 1.54) is 19.1 Å². The van der Waals surface area contributed by atoms with Crippen molar-refractivity contribution < 1.29 is 22.7 Å². The van der Waals surface area contributed by atoms with Gasteiger partial charge < -0.3 is 10.1 Å². The van der Waals surface area contributed by atoms with E-state index >= 15 is 0 Å². The standard InChI is InChI=1S/C21H26N2O5S/c1-13-6-8-18(9-7-13)29(26,27)22-12-19(24)28-17(5)21(25)23-20-15(3)10-14(2)11-16(20)4/h6-11,17,22H,12H2,1-5H3,(H,23,25)/t17-/m1/s1. The molecule has 0 aliphatic carbocycles. The molecule has 1 atom stereocenters. The molecular weight excluding hydrogens is 392 g/mol. The van der Waals surface area contributed by atoms with E-state index in [-0.39, 0.29) is 4.90 Å². The molecule has 0 aliphatic rings. The van der Waals surface area contributed by atoms with Crippen LogP contribution < -0.4 is 10.0 Å². The molecule has 29 heavy (non-hydrogen) atoms. The van der Waals surface area contributed by atoms with Crippen molar-refractivity contribution in [3.8, 4) is 0 Å². The minimum Gasteiger partial charge on any atom is -0.452 e. The molecule has 0 spiro atoms. The highest BCUT2D eigenvalue weighted by atomic mass is 32.2. The van der Waals surface area contributed by atoms with Gasteiger partial charge in [-0.3, -0.25) is 9.59 Å². The summed E-state index contributed by atoms with van der Waals surface area (Å²) in [6.07, 6.45) is -1.08. The first-order valence-corrected chi connectivity index (χ1v) is 10.6. The Kier molecular flexibility index (Phi) is 7.16. The summed E-state index contributed by atoms with van der Waals surface area (Å²) in [4.78, 5) is 24.4. The number of sulfonamides is 1. The molecule has 0 aromatic heterocycles. The summed E-state index contributed by atoms with van der Waals surface area (Å²) in [7, 11) is -3.84. The van der Waals surface area contributed by atoms with Crippen LogP contribution in [0.3, 0.4) is 0 Å². The number of carbonyl (C=O) groups excluding carboxylic acids is 2. The number of benzene rings is 2. The summed E-state index contributed by atoms with van der Waals surface area (Å²) in [5.41, 5.74) is 4.48. The lowest BCUT2D eigenvalue weighted by molar-refractivity contribution is -0.151. The maximum absolute atomic E-state index is 12.4. The molecule has 0 saturated carbocycles. The first kappa shape index (κ1) is 22.6. The molecule has 7 nitrogen and oxygen atoms in total.